The van der Waals surface area contributed by atoms with E-state index in [1.165, 1.54) is 38.5 Å². The lowest BCUT2D eigenvalue weighted by Gasteiger charge is -2.15. The highest BCUT2D eigenvalue weighted by Gasteiger charge is 2.16. The molecular formula is C24H21ClN4O5. The molecule has 174 valence electrons. The third kappa shape index (κ3) is 4.38. The Morgan fingerprint density at radius 3 is 2.47 bits per heavy atom. The second-order valence-corrected chi connectivity index (χ2v) is 7.90. The van der Waals surface area contributed by atoms with E-state index in [4.69, 9.17) is 21.1 Å². The number of hydrogen-bond acceptors (Lipinski definition) is 6. The lowest BCUT2D eigenvalue weighted by molar-refractivity contribution is 0.0940. The number of nitrogens with zero attached hydrogens (tertiary/aromatic N) is 2. The molecule has 2 heterocycles. The lowest BCUT2D eigenvalue weighted by Crippen LogP contribution is -2.34. The Hall–Kier alpha value is -4.11. The lowest BCUT2D eigenvalue weighted by atomic mass is 10.1. The van der Waals surface area contributed by atoms with Crippen molar-refractivity contribution in [1.29, 1.82) is 0 Å². The third-order valence-electron chi connectivity index (χ3n) is 5.33. The van der Waals surface area contributed by atoms with Crippen LogP contribution in [0.4, 0.5) is 0 Å². The number of nitrogens with one attached hydrogen (secondary N) is 2. The van der Waals surface area contributed by atoms with Gasteiger partial charge >= 0.3 is 5.69 Å². The van der Waals surface area contributed by atoms with Gasteiger partial charge in [0.25, 0.3) is 17.3 Å². The average molecular weight is 481 g/mol. The maximum absolute atomic E-state index is 13.1. The number of fused-ring (bicyclic) bond motifs is 1. The van der Waals surface area contributed by atoms with Crippen molar-refractivity contribution in [3.8, 4) is 17.4 Å². The minimum absolute atomic E-state index is 0.0735. The minimum atomic E-state index is -0.704. The number of H-pyrrole nitrogens is 1. The van der Waals surface area contributed by atoms with Crippen molar-refractivity contribution in [2.45, 2.75) is 13.0 Å². The smallest absolute Gasteiger partial charge is 0.334 e. The maximum atomic E-state index is 13.1. The first kappa shape index (κ1) is 23.1. The fourth-order valence-electron chi connectivity index (χ4n) is 3.53. The van der Waals surface area contributed by atoms with Gasteiger partial charge in [-0.15, -0.1) is 0 Å². The molecule has 0 saturated heterocycles. The number of ether oxygens (including phenoxy) is 2. The number of carbonyl (C=O) groups excluding carboxylic acids is 1. The van der Waals surface area contributed by atoms with Crippen molar-refractivity contribution < 1.29 is 14.3 Å². The molecule has 2 aromatic carbocycles. The Balaban J connectivity index is 1.68. The number of aromatic amines is 1. The van der Waals surface area contributed by atoms with Gasteiger partial charge in [0.05, 0.1) is 31.2 Å². The van der Waals surface area contributed by atoms with Gasteiger partial charge in [-0.25, -0.2) is 9.36 Å². The van der Waals surface area contributed by atoms with Crippen LogP contribution in [0.15, 0.2) is 64.2 Å². The van der Waals surface area contributed by atoms with Crippen molar-refractivity contribution in [3.63, 3.8) is 0 Å². The standard InChI is InChI=1S/C24H21ClN4O5/c1-13(14-4-7-16(25)8-5-14)26-21(30)15-6-9-17-18(12-15)27-24(32)29(23(17)31)20-11-10-19(33-2)22(28-20)34-3/h4-13H,1-3H3,(H,26,30)(H,27,32). The van der Waals surface area contributed by atoms with Crippen LogP contribution in [-0.4, -0.2) is 34.7 Å². The number of rotatable bonds is 6. The molecule has 4 aromatic rings. The number of hydrogen-bond donors (Lipinski definition) is 2. The molecule has 2 aromatic heterocycles. The minimum Gasteiger partial charge on any atom is -0.491 e. The van der Waals surface area contributed by atoms with Crippen LogP contribution >= 0.6 is 11.6 Å². The summed E-state index contributed by atoms with van der Waals surface area (Å²) in [5.74, 6) is 0.216. The van der Waals surface area contributed by atoms with E-state index in [0.717, 1.165) is 10.1 Å². The summed E-state index contributed by atoms with van der Waals surface area (Å²) in [4.78, 5) is 45.5. The van der Waals surface area contributed by atoms with Crippen LogP contribution in [0, 0.1) is 0 Å². The highest BCUT2D eigenvalue weighted by molar-refractivity contribution is 6.30. The summed E-state index contributed by atoms with van der Waals surface area (Å²) in [6, 6.07) is 14.4. The first-order valence-electron chi connectivity index (χ1n) is 10.3. The van der Waals surface area contributed by atoms with Gasteiger partial charge in [-0.1, -0.05) is 23.7 Å². The average Bonchev–Trinajstić information content (AvgIpc) is 2.83. The predicted molar refractivity (Wildman–Crippen MR) is 128 cm³/mol. The predicted octanol–water partition coefficient (Wildman–Crippen LogP) is 3.24. The van der Waals surface area contributed by atoms with Crippen LogP contribution in [0.2, 0.25) is 5.02 Å². The van der Waals surface area contributed by atoms with Crippen LogP contribution in [0.3, 0.4) is 0 Å². The number of amides is 1. The third-order valence-corrected chi connectivity index (χ3v) is 5.58. The molecule has 0 spiro atoms. The summed E-state index contributed by atoms with van der Waals surface area (Å²) in [6.07, 6.45) is 0. The van der Waals surface area contributed by atoms with Gasteiger partial charge in [0.15, 0.2) is 5.75 Å². The number of benzene rings is 2. The van der Waals surface area contributed by atoms with Gasteiger partial charge in [0, 0.05) is 10.6 Å². The first-order chi connectivity index (χ1) is 16.3. The molecule has 9 nitrogen and oxygen atoms in total. The maximum Gasteiger partial charge on any atom is 0.334 e. The van der Waals surface area contributed by atoms with Crippen LogP contribution in [0.25, 0.3) is 16.7 Å². The molecule has 0 radical (unpaired) electrons. The fraction of sp³-hybridized carbons (Fsp3) is 0.167. The molecule has 4 rings (SSSR count). The number of halogens is 1. The summed E-state index contributed by atoms with van der Waals surface area (Å²) in [6.45, 7) is 1.85. The topological polar surface area (TPSA) is 115 Å². The second-order valence-electron chi connectivity index (χ2n) is 7.46. The van der Waals surface area contributed by atoms with E-state index in [1.54, 1.807) is 18.2 Å². The zero-order chi connectivity index (χ0) is 24.4. The molecule has 1 amide bonds. The van der Waals surface area contributed by atoms with E-state index in [1.807, 2.05) is 19.1 Å². The quantitative estimate of drug-likeness (QED) is 0.438. The first-order valence-corrected chi connectivity index (χ1v) is 10.6. The molecule has 0 fully saturated rings. The van der Waals surface area contributed by atoms with E-state index in [9.17, 15) is 14.4 Å². The number of carbonyl (C=O) groups is 1. The summed E-state index contributed by atoms with van der Waals surface area (Å²) >= 11 is 5.92. The Bertz CT molecular complexity index is 1490. The number of aromatic nitrogens is 3. The molecule has 0 aliphatic carbocycles. The van der Waals surface area contributed by atoms with Gasteiger partial charge in [-0.2, -0.15) is 4.98 Å². The van der Waals surface area contributed by atoms with E-state index in [-0.39, 0.29) is 34.5 Å². The van der Waals surface area contributed by atoms with E-state index >= 15 is 0 Å². The van der Waals surface area contributed by atoms with Crippen molar-refractivity contribution in [1.82, 2.24) is 19.9 Å². The number of methoxy groups -OCH3 is 2. The number of pyridine rings is 1. The molecule has 0 bridgehead atoms. The highest BCUT2D eigenvalue weighted by atomic mass is 35.5. The van der Waals surface area contributed by atoms with Gasteiger partial charge in [-0.3, -0.25) is 9.59 Å². The van der Waals surface area contributed by atoms with Crippen LogP contribution in [0.1, 0.15) is 28.9 Å². The van der Waals surface area contributed by atoms with Crippen LogP contribution < -0.4 is 26.0 Å². The van der Waals surface area contributed by atoms with Crippen molar-refractivity contribution in [3.05, 3.63) is 91.6 Å². The summed E-state index contributed by atoms with van der Waals surface area (Å²) in [7, 11) is 2.86. The monoisotopic (exact) mass is 480 g/mol. The molecule has 1 atom stereocenters. The second kappa shape index (κ2) is 9.40. The van der Waals surface area contributed by atoms with Crippen LogP contribution in [-0.2, 0) is 0 Å². The van der Waals surface area contributed by atoms with E-state index < -0.39 is 11.2 Å². The highest BCUT2D eigenvalue weighted by Crippen LogP contribution is 2.24. The van der Waals surface area contributed by atoms with Gasteiger partial charge < -0.3 is 19.8 Å². The molecule has 0 aliphatic heterocycles. The molecule has 34 heavy (non-hydrogen) atoms. The Morgan fingerprint density at radius 2 is 1.79 bits per heavy atom. The van der Waals surface area contributed by atoms with E-state index in [0.29, 0.717) is 16.3 Å². The molecule has 0 saturated carbocycles. The van der Waals surface area contributed by atoms with Crippen molar-refractivity contribution >= 4 is 28.4 Å². The zero-order valence-electron chi connectivity index (χ0n) is 18.6. The van der Waals surface area contributed by atoms with Crippen molar-refractivity contribution in [2.75, 3.05) is 14.2 Å². The summed E-state index contributed by atoms with van der Waals surface area (Å²) in [5, 5.41) is 3.72. The van der Waals surface area contributed by atoms with Gasteiger partial charge in [0.2, 0.25) is 0 Å². The normalized spacial score (nSPS) is 11.8. The molecule has 10 heteroatoms. The summed E-state index contributed by atoms with van der Waals surface area (Å²) in [5.41, 5.74) is 0.130. The largest absolute Gasteiger partial charge is 0.491 e. The molecular weight excluding hydrogens is 460 g/mol. The fourth-order valence-corrected chi connectivity index (χ4v) is 3.65. The van der Waals surface area contributed by atoms with Gasteiger partial charge in [-0.05, 0) is 55.0 Å². The van der Waals surface area contributed by atoms with Crippen LogP contribution in [0.5, 0.6) is 11.6 Å². The van der Waals surface area contributed by atoms with Gasteiger partial charge in [0.1, 0.15) is 5.82 Å². The Labute approximate surface area is 198 Å². The Morgan fingerprint density at radius 1 is 1.06 bits per heavy atom. The van der Waals surface area contributed by atoms with Crippen molar-refractivity contribution in [2.24, 2.45) is 0 Å². The zero-order valence-corrected chi connectivity index (χ0v) is 19.3. The van der Waals surface area contributed by atoms with E-state index in [2.05, 4.69) is 15.3 Å². The molecule has 0 aliphatic rings. The summed E-state index contributed by atoms with van der Waals surface area (Å²) < 4.78 is 11.2. The Kier molecular flexibility index (Phi) is 6.38. The molecule has 1 unspecified atom stereocenters. The molecule has 2 N–H and O–H groups in total. The SMILES string of the molecule is COc1ccc(-n2c(=O)[nH]c3cc(C(=O)NC(C)c4ccc(Cl)cc4)ccc3c2=O)nc1OC.